The Morgan fingerprint density at radius 2 is 1.79 bits per heavy atom. The molecule has 0 bridgehead atoms. The van der Waals surface area contributed by atoms with Gasteiger partial charge in [0.1, 0.15) is 23.9 Å². The highest BCUT2D eigenvalue weighted by molar-refractivity contribution is 5.72. The van der Waals surface area contributed by atoms with Gasteiger partial charge in [0.2, 0.25) is 0 Å². The van der Waals surface area contributed by atoms with Crippen molar-refractivity contribution in [3.63, 3.8) is 0 Å². The number of esters is 1. The maximum atomic E-state index is 14.0. The predicted octanol–water partition coefficient (Wildman–Crippen LogP) is 6.24. The number of aryl methyl sites for hydroxylation is 1. The van der Waals surface area contributed by atoms with Crippen molar-refractivity contribution in [2.24, 2.45) is 0 Å². The number of rotatable bonds is 7. The smallest absolute Gasteiger partial charge is 0.416 e. The Labute approximate surface area is 163 Å². The van der Waals surface area contributed by atoms with Crippen LogP contribution in [0.2, 0.25) is 0 Å². The van der Waals surface area contributed by atoms with E-state index in [1.54, 1.807) is 6.92 Å². The van der Waals surface area contributed by atoms with Gasteiger partial charge in [-0.15, -0.1) is 0 Å². The monoisotopic (exact) mass is 420 g/mol. The van der Waals surface area contributed by atoms with E-state index in [0.29, 0.717) is 6.07 Å². The van der Waals surface area contributed by atoms with Crippen molar-refractivity contribution in [3.8, 4) is 11.5 Å². The van der Waals surface area contributed by atoms with Crippen LogP contribution in [0.15, 0.2) is 30.3 Å². The second-order valence-corrected chi connectivity index (χ2v) is 6.03. The molecule has 0 amide bonds. The summed E-state index contributed by atoms with van der Waals surface area (Å²) in [7, 11) is 0. The minimum Gasteiger partial charge on any atom is -0.488 e. The van der Waals surface area contributed by atoms with E-state index in [1.165, 1.54) is 6.92 Å². The molecule has 0 fully saturated rings. The average molecular weight is 420 g/mol. The van der Waals surface area contributed by atoms with Crippen LogP contribution >= 0.6 is 0 Å². The van der Waals surface area contributed by atoms with Crippen LogP contribution in [0.3, 0.4) is 0 Å². The van der Waals surface area contributed by atoms with Crippen LogP contribution in [0.25, 0.3) is 0 Å². The van der Waals surface area contributed by atoms with E-state index in [1.807, 2.05) is 0 Å². The van der Waals surface area contributed by atoms with Gasteiger partial charge in [0, 0.05) is 18.1 Å². The van der Waals surface area contributed by atoms with Gasteiger partial charge in [0.15, 0.2) is 0 Å². The van der Waals surface area contributed by atoms with Crippen molar-refractivity contribution >= 4 is 5.97 Å². The molecule has 0 N–H and O–H groups in total. The highest BCUT2D eigenvalue weighted by Crippen LogP contribution is 2.38. The van der Waals surface area contributed by atoms with Gasteiger partial charge < -0.3 is 9.47 Å². The Hall–Kier alpha value is -2.71. The molecule has 0 spiro atoms. The molecule has 2 aromatic carbocycles. The molecule has 0 heterocycles. The molecule has 2 rings (SSSR count). The average Bonchev–Trinajstić information content (AvgIpc) is 2.65. The molecule has 0 aliphatic heterocycles. The Morgan fingerprint density at radius 3 is 2.34 bits per heavy atom. The summed E-state index contributed by atoms with van der Waals surface area (Å²) < 4.78 is 90.8. The summed E-state index contributed by atoms with van der Waals surface area (Å²) in [5.74, 6) is -2.58. The number of halogens is 6. The van der Waals surface area contributed by atoms with E-state index in [4.69, 9.17) is 9.47 Å². The molecule has 0 saturated heterocycles. The van der Waals surface area contributed by atoms with Gasteiger partial charge in [0.05, 0.1) is 11.1 Å². The van der Waals surface area contributed by atoms with Crippen molar-refractivity contribution in [1.82, 2.24) is 0 Å². The number of carbonyl (C=O) groups excluding carboxylic acids is 1. The fraction of sp³-hybridized carbons (Fsp3) is 0.350. The zero-order chi connectivity index (χ0) is 21.8. The van der Waals surface area contributed by atoms with Gasteiger partial charge in [-0.1, -0.05) is 19.9 Å². The number of benzene rings is 2. The first kappa shape index (κ1) is 22.6. The molecule has 0 saturated carbocycles. The molecule has 3 nitrogen and oxygen atoms in total. The van der Waals surface area contributed by atoms with Crippen molar-refractivity contribution < 1.29 is 40.6 Å². The van der Waals surface area contributed by atoms with Crippen LogP contribution in [0.1, 0.15) is 48.9 Å². The summed E-state index contributed by atoms with van der Waals surface area (Å²) in [6.45, 7) is 2.17. The van der Waals surface area contributed by atoms with E-state index >= 15 is 0 Å². The zero-order valence-corrected chi connectivity index (χ0v) is 15.6. The van der Waals surface area contributed by atoms with E-state index in [-0.39, 0.29) is 18.4 Å². The number of carbonyl (C=O) groups is 1. The van der Waals surface area contributed by atoms with Gasteiger partial charge in [-0.3, -0.25) is 4.79 Å². The molecule has 0 aromatic heterocycles. The molecule has 29 heavy (non-hydrogen) atoms. The van der Waals surface area contributed by atoms with Gasteiger partial charge in [0.25, 0.3) is 6.43 Å². The first-order valence-corrected chi connectivity index (χ1v) is 8.71. The first-order chi connectivity index (χ1) is 13.6. The Bertz CT molecular complexity index is 877. The van der Waals surface area contributed by atoms with Gasteiger partial charge in [-0.25, -0.2) is 13.2 Å². The predicted molar refractivity (Wildman–Crippen MR) is 92.4 cm³/mol. The maximum absolute atomic E-state index is 14.0. The summed E-state index contributed by atoms with van der Waals surface area (Å²) in [5.41, 5.74) is -2.31. The molecular formula is C20H18F6O3. The molecule has 0 aliphatic carbocycles. The molecule has 158 valence electrons. The van der Waals surface area contributed by atoms with Crippen molar-refractivity contribution in [3.05, 3.63) is 58.4 Å². The standard InChI is InChI=1S/C20H18F6O3/c1-3-11-8-12(19(22)23)17(9-15(11)21)28-10-13-14(20(24,25)26)6-5-7-16(13)29-18(27)4-2/h5-9,19H,3-4,10H2,1-2H3. The number of alkyl halides is 5. The van der Waals surface area contributed by atoms with E-state index in [9.17, 15) is 31.1 Å². The lowest BCUT2D eigenvalue weighted by atomic mass is 10.1. The van der Waals surface area contributed by atoms with Crippen LogP contribution in [0.4, 0.5) is 26.3 Å². The fourth-order valence-electron chi connectivity index (χ4n) is 2.61. The summed E-state index contributed by atoms with van der Waals surface area (Å²) in [4.78, 5) is 11.5. The Morgan fingerprint density at radius 1 is 1.10 bits per heavy atom. The quantitative estimate of drug-likeness (QED) is 0.302. The van der Waals surface area contributed by atoms with Crippen LogP contribution in [0, 0.1) is 5.82 Å². The van der Waals surface area contributed by atoms with E-state index < -0.39 is 59.2 Å². The highest BCUT2D eigenvalue weighted by atomic mass is 19.4. The Balaban J connectivity index is 2.46. The number of hydrogen-bond donors (Lipinski definition) is 0. The summed E-state index contributed by atoms with van der Waals surface area (Å²) in [5, 5.41) is 0. The molecule has 0 aliphatic rings. The molecule has 0 atom stereocenters. The summed E-state index contributed by atoms with van der Waals surface area (Å²) in [6, 6.07) is 4.56. The van der Waals surface area contributed by atoms with Crippen molar-refractivity contribution in [2.75, 3.05) is 0 Å². The van der Waals surface area contributed by atoms with Gasteiger partial charge >= 0.3 is 12.1 Å². The normalized spacial score (nSPS) is 11.6. The minimum atomic E-state index is -4.81. The second kappa shape index (κ2) is 9.19. The summed E-state index contributed by atoms with van der Waals surface area (Å²) in [6.07, 6.45) is -7.77. The van der Waals surface area contributed by atoms with Crippen LogP contribution in [-0.2, 0) is 24.0 Å². The van der Waals surface area contributed by atoms with Crippen molar-refractivity contribution in [2.45, 2.75) is 45.9 Å². The molecule has 0 radical (unpaired) electrons. The van der Waals surface area contributed by atoms with Crippen molar-refractivity contribution in [1.29, 1.82) is 0 Å². The van der Waals surface area contributed by atoms with Gasteiger partial charge in [-0.05, 0) is 30.2 Å². The zero-order valence-electron chi connectivity index (χ0n) is 15.6. The topological polar surface area (TPSA) is 35.5 Å². The van der Waals surface area contributed by atoms with E-state index in [0.717, 1.165) is 24.3 Å². The van der Waals surface area contributed by atoms with Crippen LogP contribution < -0.4 is 9.47 Å². The largest absolute Gasteiger partial charge is 0.488 e. The van der Waals surface area contributed by atoms with Gasteiger partial charge in [-0.2, -0.15) is 13.2 Å². The number of ether oxygens (including phenoxy) is 2. The maximum Gasteiger partial charge on any atom is 0.416 e. The third-order valence-electron chi connectivity index (χ3n) is 4.12. The highest BCUT2D eigenvalue weighted by Gasteiger charge is 2.35. The van der Waals surface area contributed by atoms with Crippen LogP contribution in [-0.4, -0.2) is 5.97 Å². The lowest BCUT2D eigenvalue weighted by Gasteiger charge is -2.18. The first-order valence-electron chi connectivity index (χ1n) is 8.71. The lowest BCUT2D eigenvalue weighted by molar-refractivity contribution is -0.140. The molecule has 9 heteroatoms. The number of hydrogen-bond acceptors (Lipinski definition) is 3. The van der Waals surface area contributed by atoms with Crippen LogP contribution in [0.5, 0.6) is 11.5 Å². The molecule has 0 unspecified atom stereocenters. The molecular weight excluding hydrogens is 402 g/mol. The van der Waals surface area contributed by atoms with E-state index in [2.05, 4.69) is 0 Å². The SMILES string of the molecule is CCC(=O)Oc1cccc(C(F)(F)F)c1COc1cc(F)c(CC)cc1C(F)F. The fourth-order valence-corrected chi connectivity index (χ4v) is 2.61. The second-order valence-electron chi connectivity index (χ2n) is 6.03. The Kier molecular flexibility index (Phi) is 7.16. The molecule has 2 aromatic rings. The summed E-state index contributed by atoms with van der Waals surface area (Å²) >= 11 is 0. The lowest BCUT2D eigenvalue weighted by Crippen LogP contribution is -2.15. The third kappa shape index (κ3) is 5.42. The minimum absolute atomic E-state index is 0.0286. The third-order valence-corrected chi connectivity index (χ3v) is 4.12.